The molecular formula is C12H13FN2O5. The van der Waals surface area contributed by atoms with E-state index < -0.39 is 43.3 Å². The predicted molar refractivity (Wildman–Crippen MR) is 66.7 cm³/mol. The summed E-state index contributed by atoms with van der Waals surface area (Å²) >= 11 is 0. The van der Waals surface area contributed by atoms with Crippen molar-refractivity contribution >= 4 is 23.5 Å². The highest BCUT2D eigenvalue weighted by Gasteiger charge is 2.17. The smallest absolute Gasteiger partial charge is 0.317 e. The lowest BCUT2D eigenvalue weighted by Gasteiger charge is -2.17. The summed E-state index contributed by atoms with van der Waals surface area (Å²) in [4.78, 5) is 33.7. The van der Waals surface area contributed by atoms with E-state index in [9.17, 15) is 18.8 Å². The number of carboxylic acids is 2. The fourth-order valence-electron chi connectivity index (χ4n) is 1.52. The molecule has 1 rings (SSSR count). The van der Waals surface area contributed by atoms with Crippen LogP contribution < -0.4 is 5.32 Å². The van der Waals surface area contributed by atoms with Gasteiger partial charge in [0.25, 0.3) is 0 Å². The number of benzene rings is 1. The Labute approximate surface area is 113 Å². The van der Waals surface area contributed by atoms with Gasteiger partial charge in [0.1, 0.15) is 5.82 Å². The maximum Gasteiger partial charge on any atom is 0.317 e. The molecule has 0 saturated carbocycles. The van der Waals surface area contributed by atoms with Crippen LogP contribution in [0.4, 0.5) is 10.1 Å². The van der Waals surface area contributed by atoms with Gasteiger partial charge in [0, 0.05) is 5.69 Å². The molecule has 0 unspecified atom stereocenters. The van der Waals surface area contributed by atoms with Crippen LogP contribution in [0.2, 0.25) is 0 Å². The average Bonchev–Trinajstić information content (AvgIpc) is 2.26. The Morgan fingerprint density at radius 1 is 1.10 bits per heavy atom. The van der Waals surface area contributed by atoms with Crippen LogP contribution in [0.25, 0.3) is 0 Å². The number of carbonyl (C=O) groups excluding carboxylic acids is 1. The summed E-state index contributed by atoms with van der Waals surface area (Å²) < 4.78 is 12.9. The average molecular weight is 284 g/mol. The van der Waals surface area contributed by atoms with Gasteiger partial charge in [0.15, 0.2) is 0 Å². The van der Waals surface area contributed by atoms with Crippen molar-refractivity contribution in [1.82, 2.24) is 4.90 Å². The fourth-order valence-corrected chi connectivity index (χ4v) is 1.52. The van der Waals surface area contributed by atoms with E-state index in [1.54, 1.807) is 0 Å². The molecule has 0 bridgehead atoms. The van der Waals surface area contributed by atoms with E-state index in [-0.39, 0.29) is 5.69 Å². The first-order valence-corrected chi connectivity index (χ1v) is 5.58. The Morgan fingerprint density at radius 3 is 2.20 bits per heavy atom. The summed E-state index contributed by atoms with van der Waals surface area (Å²) in [5, 5.41) is 19.6. The molecule has 0 saturated heterocycles. The molecule has 7 nitrogen and oxygen atoms in total. The second-order valence-corrected chi connectivity index (χ2v) is 3.99. The van der Waals surface area contributed by atoms with Gasteiger partial charge in [-0.1, -0.05) is 6.07 Å². The second-order valence-electron chi connectivity index (χ2n) is 3.99. The quantitative estimate of drug-likeness (QED) is 0.662. The van der Waals surface area contributed by atoms with Gasteiger partial charge in [0.2, 0.25) is 5.91 Å². The maximum atomic E-state index is 12.9. The first-order valence-electron chi connectivity index (χ1n) is 5.58. The van der Waals surface area contributed by atoms with E-state index in [0.717, 1.165) is 11.0 Å². The number of hydrogen-bond donors (Lipinski definition) is 3. The van der Waals surface area contributed by atoms with Gasteiger partial charge in [-0.3, -0.25) is 19.3 Å². The first kappa shape index (κ1) is 15.6. The van der Waals surface area contributed by atoms with Crippen LogP contribution in [-0.4, -0.2) is 52.6 Å². The largest absolute Gasteiger partial charge is 0.480 e. The van der Waals surface area contributed by atoms with Gasteiger partial charge in [-0.2, -0.15) is 0 Å². The number of nitrogens with zero attached hydrogens (tertiary/aromatic N) is 1. The molecule has 0 aliphatic carbocycles. The van der Waals surface area contributed by atoms with E-state index in [2.05, 4.69) is 5.32 Å². The number of nitrogens with one attached hydrogen (secondary N) is 1. The summed E-state index contributed by atoms with van der Waals surface area (Å²) in [6, 6.07) is 5.16. The number of anilines is 1. The van der Waals surface area contributed by atoms with E-state index in [1.165, 1.54) is 18.2 Å². The summed E-state index contributed by atoms with van der Waals surface area (Å²) in [6.45, 7) is -1.58. The fraction of sp³-hybridized carbons (Fsp3) is 0.250. The third-order valence-electron chi connectivity index (χ3n) is 2.19. The van der Waals surface area contributed by atoms with Crippen molar-refractivity contribution in [2.45, 2.75) is 0 Å². The van der Waals surface area contributed by atoms with E-state index >= 15 is 0 Å². The number of hydrogen-bond acceptors (Lipinski definition) is 4. The molecule has 0 heterocycles. The Morgan fingerprint density at radius 2 is 1.70 bits per heavy atom. The molecule has 0 fully saturated rings. The SMILES string of the molecule is O=C(O)CN(CC(=O)O)CC(=O)Nc1cccc(F)c1. The topological polar surface area (TPSA) is 107 Å². The number of carbonyl (C=O) groups is 3. The highest BCUT2D eigenvalue weighted by atomic mass is 19.1. The Bertz CT molecular complexity index is 504. The minimum absolute atomic E-state index is 0.209. The van der Waals surface area contributed by atoms with Gasteiger partial charge >= 0.3 is 11.9 Å². The lowest BCUT2D eigenvalue weighted by atomic mass is 10.3. The van der Waals surface area contributed by atoms with Crippen molar-refractivity contribution < 1.29 is 29.0 Å². The molecule has 1 aromatic carbocycles. The minimum atomic E-state index is -1.25. The summed E-state index contributed by atoms with van der Waals surface area (Å²) in [6.07, 6.45) is 0. The minimum Gasteiger partial charge on any atom is -0.480 e. The van der Waals surface area contributed by atoms with Crippen LogP contribution in [-0.2, 0) is 14.4 Å². The molecule has 0 aliphatic heterocycles. The standard InChI is InChI=1S/C12H13FN2O5/c13-8-2-1-3-9(4-8)14-10(16)5-15(6-11(17)18)7-12(19)20/h1-4H,5-7H2,(H,14,16)(H,17,18)(H,19,20). The number of amides is 1. The van der Waals surface area contributed by atoms with Crippen molar-refractivity contribution in [3.8, 4) is 0 Å². The third kappa shape index (κ3) is 5.91. The van der Waals surface area contributed by atoms with Gasteiger partial charge in [-0.05, 0) is 18.2 Å². The molecule has 1 amide bonds. The highest BCUT2D eigenvalue weighted by Crippen LogP contribution is 2.08. The predicted octanol–water partition coefficient (Wildman–Crippen LogP) is 0.235. The Hall–Kier alpha value is -2.48. The Balaban J connectivity index is 2.61. The molecule has 1 aromatic rings. The van der Waals surface area contributed by atoms with Crippen molar-refractivity contribution in [1.29, 1.82) is 0 Å². The number of carboxylic acid groups (broad SMARTS) is 2. The third-order valence-corrected chi connectivity index (χ3v) is 2.19. The van der Waals surface area contributed by atoms with Crippen LogP contribution in [0.15, 0.2) is 24.3 Å². The molecule has 8 heteroatoms. The lowest BCUT2D eigenvalue weighted by Crippen LogP contribution is -2.40. The zero-order valence-electron chi connectivity index (χ0n) is 10.4. The zero-order chi connectivity index (χ0) is 15.1. The van der Waals surface area contributed by atoms with Crippen LogP contribution in [0, 0.1) is 5.82 Å². The van der Waals surface area contributed by atoms with E-state index in [4.69, 9.17) is 10.2 Å². The number of rotatable bonds is 7. The monoisotopic (exact) mass is 284 g/mol. The summed E-state index contributed by atoms with van der Waals surface area (Å²) in [5.74, 6) is -3.65. The molecule has 0 spiro atoms. The highest BCUT2D eigenvalue weighted by molar-refractivity contribution is 5.92. The van der Waals surface area contributed by atoms with Gasteiger partial charge in [-0.25, -0.2) is 4.39 Å². The van der Waals surface area contributed by atoms with E-state index in [0.29, 0.717) is 0 Å². The van der Waals surface area contributed by atoms with Gasteiger partial charge < -0.3 is 15.5 Å². The molecular weight excluding hydrogens is 271 g/mol. The summed E-state index contributed by atoms with van der Waals surface area (Å²) in [5.41, 5.74) is 0.209. The molecule has 0 aromatic heterocycles. The molecule has 3 N–H and O–H groups in total. The van der Waals surface area contributed by atoms with Gasteiger partial charge in [-0.15, -0.1) is 0 Å². The van der Waals surface area contributed by atoms with Crippen LogP contribution >= 0.6 is 0 Å². The summed E-state index contributed by atoms with van der Waals surface area (Å²) in [7, 11) is 0. The number of halogens is 1. The molecule has 20 heavy (non-hydrogen) atoms. The van der Waals surface area contributed by atoms with Crippen molar-refractivity contribution in [2.24, 2.45) is 0 Å². The molecule has 108 valence electrons. The number of aliphatic carboxylic acids is 2. The van der Waals surface area contributed by atoms with Crippen LogP contribution in [0.3, 0.4) is 0 Å². The van der Waals surface area contributed by atoms with Crippen LogP contribution in [0.5, 0.6) is 0 Å². The Kier molecular flexibility index (Phi) is 5.60. The van der Waals surface area contributed by atoms with Crippen molar-refractivity contribution in [3.63, 3.8) is 0 Å². The van der Waals surface area contributed by atoms with Crippen LogP contribution in [0.1, 0.15) is 0 Å². The maximum absolute atomic E-state index is 12.9. The molecule has 0 aliphatic rings. The van der Waals surface area contributed by atoms with Gasteiger partial charge in [0.05, 0.1) is 19.6 Å². The van der Waals surface area contributed by atoms with Crippen molar-refractivity contribution in [2.75, 3.05) is 25.0 Å². The first-order chi connectivity index (χ1) is 9.36. The van der Waals surface area contributed by atoms with Crippen molar-refractivity contribution in [3.05, 3.63) is 30.1 Å². The molecule has 0 atom stereocenters. The second kappa shape index (κ2) is 7.19. The lowest BCUT2D eigenvalue weighted by molar-refractivity contribution is -0.142. The molecule has 0 radical (unpaired) electrons. The normalized spacial score (nSPS) is 10.3. The zero-order valence-corrected chi connectivity index (χ0v) is 10.4. The van der Waals surface area contributed by atoms with E-state index in [1.807, 2.05) is 0 Å².